The zero-order valence-electron chi connectivity index (χ0n) is 16.1. The number of carbonyl (C=O) groups is 1. The molecule has 0 bridgehead atoms. The largest absolute Gasteiger partial charge is 0.384 e. The standard InChI is InChI=1S/C22H22FN3O3/c1-13(27)25-14-8-9-16-18(11-14)22(28)26(12-15-5-4-10-29-15)21(24)20(16)17-6-2-3-7-19(17)23/h2-3,6-9,11,15H,4-5,10,12,24H2,1H3,(H,25,27). The summed E-state index contributed by atoms with van der Waals surface area (Å²) in [6, 6.07) is 11.3. The SMILES string of the molecule is CC(=O)Nc1ccc2c(-c3ccccc3F)c(N)n(CC3CCCO3)c(=O)c2c1. The number of nitrogen functional groups attached to an aromatic ring is 1. The van der Waals surface area contributed by atoms with Crippen LogP contribution in [0.1, 0.15) is 19.8 Å². The van der Waals surface area contributed by atoms with Crippen LogP contribution < -0.4 is 16.6 Å². The summed E-state index contributed by atoms with van der Waals surface area (Å²) in [6.45, 7) is 2.35. The Hall–Kier alpha value is -3.19. The van der Waals surface area contributed by atoms with Crippen molar-refractivity contribution in [2.24, 2.45) is 0 Å². The van der Waals surface area contributed by atoms with Gasteiger partial charge in [-0.1, -0.05) is 24.3 Å². The van der Waals surface area contributed by atoms with Crippen molar-refractivity contribution in [2.75, 3.05) is 17.7 Å². The van der Waals surface area contributed by atoms with Crippen molar-refractivity contribution in [2.45, 2.75) is 32.4 Å². The number of hydrogen-bond donors (Lipinski definition) is 2. The number of fused-ring (bicyclic) bond motifs is 1. The average molecular weight is 395 g/mol. The normalized spacial score (nSPS) is 16.3. The number of nitrogens with one attached hydrogen (secondary N) is 1. The lowest BCUT2D eigenvalue weighted by Crippen LogP contribution is -2.29. The number of aromatic nitrogens is 1. The van der Waals surface area contributed by atoms with E-state index in [0.29, 0.717) is 40.7 Å². The predicted molar refractivity (Wildman–Crippen MR) is 111 cm³/mol. The minimum atomic E-state index is -0.422. The summed E-state index contributed by atoms with van der Waals surface area (Å²) in [4.78, 5) is 24.7. The van der Waals surface area contributed by atoms with Gasteiger partial charge in [0.05, 0.1) is 12.6 Å². The fourth-order valence-electron chi connectivity index (χ4n) is 3.87. The summed E-state index contributed by atoms with van der Waals surface area (Å²) >= 11 is 0. The van der Waals surface area contributed by atoms with Crippen LogP contribution in [0.5, 0.6) is 0 Å². The number of nitrogens with two attached hydrogens (primary N) is 1. The van der Waals surface area contributed by atoms with Gasteiger partial charge in [-0.3, -0.25) is 14.2 Å². The molecule has 29 heavy (non-hydrogen) atoms. The zero-order valence-corrected chi connectivity index (χ0v) is 16.1. The molecule has 1 fully saturated rings. The molecule has 1 atom stereocenters. The van der Waals surface area contributed by atoms with Crippen LogP contribution in [0.15, 0.2) is 47.3 Å². The van der Waals surface area contributed by atoms with E-state index in [4.69, 9.17) is 10.5 Å². The van der Waals surface area contributed by atoms with Crippen LogP contribution in [0.2, 0.25) is 0 Å². The minimum Gasteiger partial charge on any atom is -0.384 e. The number of benzene rings is 2. The van der Waals surface area contributed by atoms with Crippen LogP contribution in [0.3, 0.4) is 0 Å². The van der Waals surface area contributed by atoms with Crippen molar-refractivity contribution in [1.82, 2.24) is 4.57 Å². The first-order valence-electron chi connectivity index (χ1n) is 9.56. The van der Waals surface area contributed by atoms with Gasteiger partial charge in [-0.15, -0.1) is 0 Å². The number of halogens is 1. The Kier molecular flexibility index (Phi) is 5.07. The molecule has 1 saturated heterocycles. The Bertz CT molecular complexity index is 1150. The average Bonchev–Trinajstić information content (AvgIpc) is 3.20. The highest BCUT2D eigenvalue weighted by atomic mass is 19.1. The lowest BCUT2D eigenvalue weighted by Gasteiger charge is -2.20. The van der Waals surface area contributed by atoms with Crippen molar-refractivity contribution in [3.8, 4) is 11.1 Å². The molecule has 3 aromatic rings. The van der Waals surface area contributed by atoms with Gasteiger partial charge in [0, 0.05) is 35.7 Å². The second-order valence-corrected chi connectivity index (χ2v) is 7.23. The van der Waals surface area contributed by atoms with Crippen molar-refractivity contribution in [3.63, 3.8) is 0 Å². The number of pyridine rings is 1. The third kappa shape index (κ3) is 3.61. The Morgan fingerprint density at radius 3 is 2.76 bits per heavy atom. The molecule has 1 aliphatic rings. The van der Waals surface area contributed by atoms with Crippen LogP contribution >= 0.6 is 0 Å². The number of anilines is 2. The predicted octanol–water partition coefficient (Wildman–Crippen LogP) is 3.53. The second kappa shape index (κ2) is 7.67. The molecule has 1 unspecified atom stereocenters. The highest BCUT2D eigenvalue weighted by molar-refractivity contribution is 6.03. The summed E-state index contributed by atoms with van der Waals surface area (Å²) in [7, 11) is 0. The van der Waals surface area contributed by atoms with Gasteiger partial charge in [0.2, 0.25) is 5.91 Å². The van der Waals surface area contributed by atoms with Gasteiger partial charge in [0.15, 0.2) is 0 Å². The van der Waals surface area contributed by atoms with E-state index in [1.165, 1.54) is 17.6 Å². The van der Waals surface area contributed by atoms with Gasteiger partial charge in [0.25, 0.3) is 5.56 Å². The van der Waals surface area contributed by atoms with Crippen LogP contribution in [-0.2, 0) is 16.1 Å². The van der Waals surface area contributed by atoms with E-state index in [1.54, 1.807) is 36.4 Å². The highest BCUT2D eigenvalue weighted by Crippen LogP contribution is 2.35. The van der Waals surface area contributed by atoms with Crippen molar-refractivity contribution in [1.29, 1.82) is 0 Å². The maximum Gasteiger partial charge on any atom is 0.260 e. The molecule has 7 heteroatoms. The molecule has 0 spiro atoms. The molecule has 0 aliphatic carbocycles. The Morgan fingerprint density at radius 1 is 1.28 bits per heavy atom. The first-order chi connectivity index (χ1) is 14.0. The fourth-order valence-corrected chi connectivity index (χ4v) is 3.87. The van der Waals surface area contributed by atoms with Gasteiger partial charge < -0.3 is 15.8 Å². The molecule has 2 heterocycles. The van der Waals surface area contributed by atoms with Gasteiger partial charge in [-0.05, 0) is 36.4 Å². The zero-order chi connectivity index (χ0) is 20.5. The molecule has 2 aromatic carbocycles. The Labute approximate surface area is 167 Å². The van der Waals surface area contributed by atoms with E-state index in [0.717, 1.165) is 12.8 Å². The summed E-state index contributed by atoms with van der Waals surface area (Å²) in [6.07, 6.45) is 1.66. The molecule has 4 rings (SSSR count). The van der Waals surface area contributed by atoms with Crippen LogP contribution in [0, 0.1) is 5.82 Å². The van der Waals surface area contributed by atoms with E-state index in [2.05, 4.69) is 5.32 Å². The van der Waals surface area contributed by atoms with E-state index >= 15 is 0 Å². The molecule has 150 valence electrons. The van der Waals surface area contributed by atoms with Crippen molar-refractivity contribution >= 4 is 28.2 Å². The summed E-state index contributed by atoms with van der Waals surface area (Å²) in [5.41, 5.74) is 7.41. The summed E-state index contributed by atoms with van der Waals surface area (Å²) in [5.74, 6) is -0.460. The fraction of sp³-hybridized carbons (Fsp3) is 0.273. The molecule has 6 nitrogen and oxygen atoms in total. The van der Waals surface area contributed by atoms with Crippen LogP contribution in [0.25, 0.3) is 21.9 Å². The maximum atomic E-state index is 14.6. The van der Waals surface area contributed by atoms with Gasteiger partial charge >= 0.3 is 0 Å². The Balaban J connectivity index is 1.99. The molecule has 1 aromatic heterocycles. The van der Waals surface area contributed by atoms with E-state index in [9.17, 15) is 14.0 Å². The number of ether oxygens (including phenoxy) is 1. The maximum absolute atomic E-state index is 14.6. The number of nitrogens with zero attached hydrogens (tertiary/aromatic N) is 1. The van der Waals surface area contributed by atoms with E-state index in [-0.39, 0.29) is 23.4 Å². The quantitative estimate of drug-likeness (QED) is 0.708. The molecule has 1 amide bonds. The lowest BCUT2D eigenvalue weighted by atomic mass is 9.98. The summed E-state index contributed by atoms with van der Waals surface area (Å²) < 4.78 is 21.8. The summed E-state index contributed by atoms with van der Waals surface area (Å²) in [5, 5.41) is 3.58. The Morgan fingerprint density at radius 2 is 2.07 bits per heavy atom. The second-order valence-electron chi connectivity index (χ2n) is 7.23. The number of carbonyl (C=O) groups excluding carboxylic acids is 1. The van der Waals surface area contributed by atoms with Gasteiger partial charge in [-0.2, -0.15) is 0 Å². The van der Waals surface area contributed by atoms with Gasteiger partial charge in [0.1, 0.15) is 11.6 Å². The number of amides is 1. The topological polar surface area (TPSA) is 86.3 Å². The minimum absolute atomic E-state index is 0.112. The van der Waals surface area contributed by atoms with Crippen LogP contribution in [-0.4, -0.2) is 23.2 Å². The molecular weight excluding hydrogens is 373 g/mol. The first kappa shape index (κ1) is 19.1. The third-order valence-corrected chi connectivity index (χ3v) is 5.19. The lowest BCUT2D eigenvalue weighted by molar-refractivity contribution is -0.114. The van der Waals surface area contributed by atoms with Crippen molar-refractivity contribution < 1.29 is 13.9 Å². The van der Waals surface area contributed by atoms with Gasteiger partial charge in [-0.25, -0.2) is 4.39 Å². The van der Waals surface area contributed by atoms with E-state index < -0.39 is 5.82 Å². The highest BCUT2D eigenvalue weighted by Gasteiger charge is 2.23. The van der Waals surface area contributed by atoms with Crippen molar-refractivity contribution in [3.05, 3.63) is 58.6 Å². The van der Waals surface area contributed by atoms with E-state index in [1.807, 2.05) is 0 Å². The monoisotopic (exact) mass is 395 g/mol. The molecule has 0 radical (unpaired) electrons. The number of hydrogen-bond acceptors (Lipinski definition) is 4. The number of rotatable bonds is 4. The van der Waals surface area contributed by atoms with Crippen LogP contribution in [0.4, 0.5) is 15.9 Å². The molecule has 3 N–H and O–H groups in total. The third-order valence-electron chi connectivity index (χ3n) is 5.19. The molecule has 1 aliphatic heterocycles. The smallest absolute Gasteiger partial charge is 0.260 e. The first-order valence-corrected chi connectivity index (χ1v) is 9.56. The molecule has 0 saturated carbocycles. The molecular formula is C22H22FN3O3.